The molecule has 0 unspecified atom stereocenters. The third-order valence-corrected chi connectivity index (χ3v) is 5.63. The highest BCUT2D eigenvalue weighted by Gasteiger charge is 2.42. The summed E-state index contributed by atoms with van der Waals surface area (Å²) in [5.41, 5.74) is 0.0386. The van der Waals surface area contributed by atoms with Crippen molar-refractivity contribution in [2.75, 3.05) is 0 Å². The molecule has 8 heteroatoms. The lowest BCUT2D eigenvalue weighted by Crippen LogP contribution is -2.40. The molecule has 1 heterocycles. The molecule has 0 aromatic carbocycles. The maximum atomic E-state index is 12.2. The van der Waals surface area contributed by atoms with Crippen molar-refractivity contribution >= 4 is 27.7 Å². The SMILES string of the molecule is C[C@H](NC(=O)c1n[nH]c([N+](=O)[O-])c1Br)[C@@H]1C[C@@H]2CC[C@@H]1C2. The van der Waals surface area contributed by atoms with Crippen LogP contribution in [0.3, 0.4) is 0 Å². The highest BCUT2D eigenvalue weighted by molar-refractivity contribution is 9.10. The minimum atomic E-state index is -0.604. The van der Waals surface area contributed by atoms with Gasteiger partial charge in [0.2, 0.25) is 0 Å². The number of carbonyl (C=O) groups is 1. The second-order valence-corrected chi connectivity index (χ2v) is 6.89. The summed E-state index contributed by atoms with van der Waals surface area (Å²) in [6, 6.07) is 0.0652. The third kappa shape index (κ3) is 2.56. The Kier molecular flexibility index (Phi) is 3.73. The lowest BCUT2D eigenvalue weighted by molar-refractivity contribution is -0.390. The first kappa shape index (κ1) is 14.5. The molecular formula is C13H17BrN4O3. The fourth-order valence-corrected chi connectivity index (χ4v) is 4.38. The number of rotatable bonds is 4. The van der Waals surface area contributed by atoms with Crippen molar-refractivity contribution in [2.24, 2.45) is 17.8 Å². The second-order valence-electron chi connectivity index (χ2n) is 6.09. The van der Waals surface area contributed by atoms with E-state index in [1.165, 1.54) is 25.7 Å². The first-order chi connectivity index (χ1) is 9.97. The van der Waals surface area contributed by atoms with E-state index in [0.29, 0.717) is 11.8 Å². The van der Waals surface area contributed by atoms with Crippen LogP contribution in [0.2, 0.25) is 0 Å². The zero-order chi connectivity index (χ0) is 15.1. The fourth-order valence-electron chi connectivity index (χ4n) is 3.88. The van der Waals surface area contributed by atoms with Crippen LogP contribution >= 0.6 is 15.9 Å². The molecule has 0 spiro atoms. The van der Waals surface area contributed by atoms with Gasteiger partial charge in [-0.1, -0.05) is 11.5 Å². The molecule has 2 saturated carbocycles. The largest absolute Gasteiger partial charge is 0.358 e. The third-order valence-electron chi connectivity index (χ3n) is 4.88. The van der Waals surface area contributed by atoms with E-state index in [1.807, 2.05) is 6.92 Å². The van der Waals surface area contributed by atoms with Crippen LogP contribution in [0.1, 0.15) is 43.1 Å². The summed E-state index contributed by atoms with van der Waals surface area (Å²) in [5.74, 6) is 1.37. The number of aromatic nitrogens is 2. The average molecular weight is 357 g/mol. The van der Waals surface area contributed by atoms with Gasteiger partial charge in [-0.15, -0.1) is 5.10 Å². The quantitative estimate of drug-likeness (QED) is 0.639. The molecule has 2 bridgehead atoms. The van der Waals surface area contributed by atoms with E-state index in [-0.39, 0.29) is 27.9 Å². The van der Waals surface area contributed by atoms with Crippen LogP contribution in [0.4, 0.5) is 5.82 Å². The molecule has 0 aliphatic heterocycles. The molecule has 7 nitrogen and oxygen atoms in total. The van der Waals surface area contributed by atoms with Crippen molar-refractivity contribution in [3.63, 3.8) is 0 Å². The van der Waals surface area contributed by atoms with Crippen molar-refractivity contribution < 1.29 is 9.72 Å². The molecule has 4 atom stereocenters. The number of halogens is 1. The predicted molar refractivity (Wildman–Crippen MR) is 78.8 cm³/mol. The molecule has 1 aromatic heterocycles. The number of carbonyl (C=O) groups excluding carboxylic acids is 1. The van der Waals surface area contributed by atoms with Crippen LogP contribution < -0.4 is 5.32 Å². The van der Waals surface area contributed by atoms with Gasteiger partial charge >= 0.3 is 5.82 Å². The Hall–Kier alpha value is -1.44. The number of hydrogen-bond acceptors (Lipinski definition) is 4. The molecule has 1 aromatic rings. The number of amides is 1. The van der Waals surface area contributed by atoms with Crippen LogP contribution in [-0.4, -0.2) is 27.1 Å². The average Bonchev–Trinajstić information content (AvgIpc) is 3.12. The maximum Gasteiger partial charge on any atom is 0.357 e. The highest BCUT2D eigenvalue weighted by Crippen LogP contribution is 2.49. The molecule has 2 aliphatic rings. The summed E-state index contributed by atoms with van der Waals surface area (Å²) in [7, 11) is 0. The van der Waals surface area contributed by atoms with Gasteiger partial charge in [-0.2, -0.15) is 0 Å². The van der Waals surface area contributed by atoms with Gasteiger partial charge in [-0.3, -0.25) is 4.79 Å². The molecule has 1 amide bonds. The van der Waals surface area contributed by atoms with Crippen molar-refractivity contribution in [2.45, 2.75) is 38.6 Å². The van der Waals surface area contributed by atoms with Gasteiger partial charge in [0.05, 0.1) is 0 Å². The lowest BCUT2D eigenvalue weighted by Gasteiger charge is -2.28. The Labute approximate surface area is 130 Å². The van der Waals surface area contributed by atoms with Crippen molar-refractivity contribution in [3.8, 4) is 0 Å². The first-order valence-corrected chi connectivity index (χ1v) is 7.95. The summed E-state index contributed by atoms with van der Waals surface area (Å²) in [6.45, 7) is 2.01. The van der Waals surface area contributed by atoms with E-state index in [0.717, 1.165) is 5.92 Å². The summed E-state index contributed by atoms with van der Waals surface area (Å²) >= 11 is 3.06. The second kappa shape index (κ2) is 5.40. The fraction of sp³-hybridized carbons (Fsp3) is 0.692. The monoisotopic (exact) mass is 356 g/mol. The topological polar surface area (TPSA) is 101 Å². The van der Waals surface area contributed by atoms with Crippen LogP contribution in [0.15, 0.2) is 4.47 Å². The normalized spacial score (nSPS) is 28.6. The number of nitrogens with zero attached hydrogens (tertiary/aromatic N) is 2. The molecule has 114 valence electrons. The molecule has 0 saturated heterocycles. The molecular weight excluding hydrogens is 340 g/mol. The van der Waals surface area contributed by atoms with Gasteiger partial charge in [0, 0.05) is 6.04 Å². The Morgan fingerprint density at radius 1 is 1.52 bits per heavy atom. The Balaban J connectivity index is 1.67. The minimum Gasteiger partial charge on any atom is -0.358 e. The molecule has 2 fully saturated rings. The van der Waals surface area contributed by atoms with E-state index in [1.54, 1.807) is 0 Å². The number of aromatic amines is 1. The number of hydrogen-bond donors (Lipinski definition) is 2. The van der Waals surface area contributed by atoms with E-state index < -0.39 is 4.92 Å². The van der Waals surface area contributed by atoms with E-state index in [2.05, 4.69) is 31.4 Å². The standard InChI is InChI=1S/C13H17BrN4O3/c1-6(9-5-7-2-3-8(9)4-7)15-13(19)11-10(14)12(17-16-11)18(20)21/h6-9H,2-5H2,1H3,(H,15,19)(H,16,17)/t6-,7+,8+,9-/m0/s1. The summed E-state index contributed by atoms with van der Waals surface area (Å²) in [4.78, 5) is 22.4. The molecule has 3 rings (SSSR count). The Morgan fingerprint density at radius 2 is 2.29 bits per heavy atom. The van der Waals surface area contributed by atoms with Crippen LogP contribution in [-0.2, 0) is 0 Å². The highest BCUT2D eigenvalue weighted by atomic mass is 79.9. The molecule has 2 aliphatic carbocycles. The number of H-pyrrole nitrogens is 1. The van der Waals surface area contributed by atoms with Crippen molar-refractivity contribution in [3.05, 3.63) is 20.3 Å². The molecule has 0 radical (unpaired) electrons. The van der Waals surface area contributed by atoms with Crippen LogP contribution in [0.25, 0.3) is 0 Å². The molecule has 2 N–H and O–H groups in total. The van der Waals surface area contributed by atoms with Crippen molar-refractivity contribution in [1.29, 1.82) is 0 Å². The van der Waals surface area contributed by atoms with Gasteiger partial charge in [-0.05, 0) is 64.8 Å². The predicted octanol–water partition coefficient (Wildman–Crippen LogP) is 2.63. The summed E-state index contributed by atoms with van der Waals surface area (Å²) in [5, 5.41) is 19.7. The van der Waals surface area contributed by atoms with Gasteiger partial charge < -0.3 is 15.4 Å². The van der Waals surface area contributed by atoms with E-state index in [4.69, 9.17) is 0 Å². The molecule has 21 heavy (non-hydrogen) atoms. The number of fused-ring (bicyclic) bond motifs is 2. The number of nitro groups is 1. The van der Waals surface area contributed by atoms with Crippen molar-refractivity contribution in [1.82, 2.24) is 15.5 Å². The Morgan fingerprint density at radius 3 is 2.81 bits per heavy atom. The van der Waals surface area contributed by atoms with Gasteiger partial charge in [0.15, 0.2) is 5.69 Å². The van der Waals surface area contributed by atoms with Gasteiger partial charge in [-0.25, -0.2) is 0 Å². The van der Waals surface area contributed by atoms with Gasteiger partial charge in [0.25, 0.3) is 5.91 Å². The lowest BCUT2D eigenvalue weighted by atomic mass is 9.84. The summed E-state index contributed by atoms with van der Waals surface area (Å²) < 4.78 is 0.102. The Bertz CT molecular complexity index is 588. The minimum absolute atomic E-state index is 0.0386. The van der Waals surface area contributed by atoms with Crippen LogP contribution in [0, 0.1) is 27.9 Å². The zero-order valence-corrected chi connectivity index (χ0v) is 13.2. The van der Waals surface area contributed by atoms with Crippen LogP contribution in [0.5, 0.6) is 0 Å². The number of nitrogens with one attached hydrogen (secondary N) is 2. The van der Waals surface area contributed by atoms with Gasteiger partial charge in [0.1, 0.15) is 4.47 Å². The van der Waals surface area contributed by atoms with E-state index >= 15 is 0 Å². The van der Waals surface area contributed by atoms with E-state index in [9.17, 15) is 14.9 Å². The maximum absolute atomic E-state index is 12.2. The smallest absolute Gasteiger partial charge is 0.357 e. The summed E-state index contributed by atoms with van der Waals surface area (Å²) in [6.07, 6.45) is 5.03. The first-order valence-electron chi connectivity index (χ1n) is 7.16. The zero-order valence-electron chi connectivity index (χ0n) is 11.6.